The van der Waals surface area contributed by atoms with Gasteiger partial charge in [0.2, 0.25) is 0 Å². The van der Waals surface area contributed by atoms with Gasteiger partial charge in [-0.1, -0.05) is 11.6 Å². The molecule has 1 aliphatic carbocycles. The van der Waals surface area contributed by atoms with E-state index in [-0.39, 0.29) is 6.10 Å². The van der Waals surface area contributed by atoms with E-state index < -0.39 is 0 Å². The van der Waals surface area contributed by atoms with Gasteiger partial charge in [0.15, 0.2) is 0 Å². The Balaban J connectivity index is 1.89. The van der Waals surface area contributed by atoms with E-state index in [1.807, 2.05) is 12.1 Å². The summed E-state index contributed by atoms with van der Waals surface area (Å²) in [5.41, 5.74) is 11.2. The van der Waals surface area contributed by atoms with E-state index in [4.69, 9.17) is 22.1 Å². The van der Waals surface area contributed by atoms with Gasteiger partial charge in [-0.3, -0.25) is 0 Å². The molecule has 0 saturated carbocycles. The lowest BCUT2D eigenvalue weighted by Crippen LogP contribution is -2.24. The van der Waals surface area contributed by atoms with Crippen molar-refractivity contribution in [2.75, 3.05) is 6.54 Å². The Bertz CT molecular complexity index is 717. The van der Waals surface area contributed by atoms with Crippen molar-refractivity contribution in [3.8, 4) is 17.0 Å². The van der Waals surface area contributed by atoms with Crippen LogP contribution in [0.4, 0.5) is 0 Å². The molecule has 0 bridgehead atoms. The molecule has 0 radical (unpaired) electrons. The van der Waals surface area contributed by atoms with Gasteiger partial charge in [0.25, 0.3) is 0 Å². The molecule has 2 heterocycles. The van der Waals surface area contributed by atoms with E-state index in [0.717, 1.165) is 59.0 Å². The zero-order chi connectivity index (χ0) is 14.4. The van der Waals surface area contributed by atoms with Gasteiger partial charge in [0, 0.05) is 40.4 Å². The minimum absolute atomic E-state index is 0.0344. The quantitative estimate of drug-likeness (QED) is 0.926. The van der Waals surface area contributed by atoms with Crippen LogP contribution in [0, 0.1) is 0 Å². The third-order valence-electron chi connectivity index (χ3n) is 4.26. The van der Waals surface area contributed by atoms with Crippen LogP contribution in [0.1, 0.15) is 23.2 Å². The van der Waals surface area contributed by atoms with Crippen LogP contribution in [0.5, 0.6) is 5.75 Å². The zero-order valence-electron chi connectivity index (χ0n) is 11.6. The minimum Gasteiger partial charge on any atom is -0.488 e. The molecule has 2 aliphatic rings. The van der Waals surface area contributed by atoms with Crippen molar-refractivity contribution in [3.05, 3.63) is 40.3 Å². The van der Waals surface area contributed by atoms with Gasteiger partial charge in [0.05, 0.1) is 5.69 Å². The molecule has 1 aromatic carbocycles. The minimum atomic E-state index is 0.0344. The Morgan fingerprint density at radius 2 is 2.19 bits per heavy atom. The van der Waals surface area contributed by atoms with Crippen molar-refractivity contribution in [2.45, 2.75) is 31.8 Å². The van der Waals surface area contributed by atoms with E-state index in [1.54, 1.807) is 6.33 Å². The number of hydrogen-bond donors (Lipinski definition) is 1. The molecule has 1 aliphatic heterocycles. The number of benzene rings is 1. The van der Waals surface area contributed by atoms with Crippen molar-refractivity contribution in [2.24, 2.45) is 5.73 Å². The molecule has 1 atom stereocenters. The topological polar surface area (TPSA) is 61.0 Å². The van der Waals surface area contributed by atoms with Gasteiger partial charge in [-0.2, -0.15) is 0 Å². The van der Waals surface area contributed by atoms with Crippen molar-refractivity contribution in [3.63, 3.8) is 0 Å². The Hall–Kier alpha value is -1.65. The third-order valence-corrected chi connectivity index (χ3v) is 4.47. The summed E-state index contributed by atoms with van der Waals surface area (Å²) in [6, 6.07) is 3.91. The summed E-state index contributed by atoms with van der Waals surface area (Å²) >= 11 is 6.29. The van der Waals surface area contributed by atoms with Gasteiger partial charge in [0.1, 0.15) is 18.2 Å². The van der Waals surface area contributed by atoms with Crippen LogP contribution in [-0.4, -0.2) is 22.6 Å². The monoisotopic (exact) mass is 301 g/mol. The van der Waals surface area contributed by atoms with Gasteiger partial charge in [-0.15, -0.1) is 0 Å². The first-order valence-corrected chi connectivity index (χ1v) is 7.66. The number of aryl methyl sites for hydroxylation is 1. The number of nitrogens with zero attached hydrogens (tertiary/aromatic N) is 2. The summed E-state index contributed by atoms with van der Waals surface area (Å²) < 4.78 is 6.01. The summed E-state index contributed by atoms with van der Waals surface area (Å²) in [5.74, 6) is 0.891. The van der Waals surface area contributed by atoms with Crippen LogP contribution in [0.3, 0.4) is 0 Å². The highest BCUT2D eigenvalue weighted by Gasteiger charge is 2.28. The van der Waals surface area contributed by atoms with Crippen molar-refractivity contribution < 1.29 is 4.74 Å². The number of halogens is 1. The maximum Gasteiger partial charge on any atom is 0.132 e. The SMILES string of the molecule is NCC1Cc2cc(Cl)cc(-c3ncnc4c3CCC4)c2O1. The number of ether oxygens (including phenoxy) is 1. The molecule has 5 heteroatoms. The molecule has 4 nitrogen and oxygen atoms in total. The van der Waals surface area contributed by atoms with Crippen LogP contribution < -0.4 is 10.5 Å². The molecule has 1 aromatic heterocycles. The number of fused-ring (bicyclic) bond motifs is 2. The summed E-state index contributed by atoms with van der Waals surface area (Å²) in [4.78, 5) is 8.90. The Morgan fingerprint density at radius 3 is 3.05 bits per heavy atom. The molecule has 0 fully saturated rings. The first-order chi connectivity index (χ1) is 10.3. The first kappa shape index (κ1) is 13.0. The van der Waals surface area contributed by atoms with Crippen molar-refractivity contribution >= 4 is 11.6 Å². The standard InChI is InChI=1S/C16H16ClN3O/c17-10-4-9-5-11(7-18)21-16(9)13(6-10)15-12-2-1-3-14(12)19-8-20-15/h4,6,8,11H,1-3,5,7,18H2. The summed E-state index contributed by atoms with van der Waals surface area (Å²) in [6.45, 7) is 0.508. The number of hydrogen-bond acceptors (Lipinski definition) is 4. The number of aromatic nitrogens is 2. The maximum atomic E-state index is 6.29. The van der Waals surface area contributed by atoms with Crippen molar-refractivity contribution in [1.82, 2.24) is 9.97 Å². The average molecular weight is 302 g/mol. The van der Waals surface area contributed by atoms with Crippen LogP contribution in [0.2, 0.25) is 5.02 Å². The van der Waals surface area contributed by atoms with Crippen LogP contribution >= 0.6 is 11.6 Å². The smallest absolute Gasteiger partial charge is 0.132 e. The maximum absolute atomic E-state index is 6.29. The van der Waals surface area contributed by atoms with E-state index in [0.29, 0.717) is 6.54 Å². The van der Waals surface area contributed by atoms with E-state index in [1.165, 1.54) is 5.56 Å². The third kappa shape index (κ3) is 2.10. The number of nitrogens with two attached hydrogens (primary N) is 1. The second kappa shape index (κ2) is 4.97. The summed E-state index contributed by atoms with van der Waals surface area (Å²) in [7, 11) is 0. The molecule has 21 heavy (non-hydrogen) atoms. The van der Waals surface area contributed by atoms with Gasteiger partial charge >= 0.3 is 0 Å². The van der Waals surface area contributed by atoms with Gasteiger partial charge < -0.3 is 10.5 Å². The second-order valence-electron chi connectivity index (χ2n) is 5.62. The lowest BCUT2D eigenvalue weighted by Gasteiger charge is -2.13. The molecule has 4 rings (SSSR count). The average Bonchev–Trinajstić information content (AvgIpc) is 3.11. The summed E-state index contributed by atoms with van der Waals surface area (Å²) in [6.07, 6.45) is 5.67. The number of rotatable bonds is 2. The van der Waals surface area contributed by atoms with Crippen LogP contribution in [0.15, 0.2) is 18.5 Å². The predicted octanol–water partition coefficient (Wildman–Crippen LogP) is 2.55. The zero-order valence-corrected chi connectivity index (χ0v) is 12.4. The molecule has 0 saturated heterocycles. The molecule has 108 valence electrons. The van der Waals surface area contributed by atoms with E-state index in [2.05, 4.69) is 9.97 Å². The lowest BCUT2D eigenvalue weighted by atomic mass is 10.0. The molecular weight excluding hydrogens is 286 g/mol. The highest BCUT2D eigenvalue weighted by Crippen LogP contribution is 2.42. The second-order valence-corrected chi connectivity index (χ2v) is 6.06. The fraction of sp³-hybridized carbons (Fsp3) is 0.375. The fourth-order valence-corrected chi connectivity index (χ4v) is 3.53. The van der Waals surface area contributed by atoms with E-state index in [9.17, 15) is 0 Å². The highest BCUT2D eigenvalue weighted by molar-refractivity contribution is 6.31. The first-order valence-electron chi connectivity index (χ1n) is 7.28. The molecule has 0 spiro atoms. The normalized spacial score (nSPS) is 19.2. The molecular formula is C16H16ClN3O. The Morgan fingerprint density at radius 1 is 1.29 bits per heavy atom. The van der Waals surface area contributed by atoms with Crippen molar-refractivity contribution in [1.29, 1.82) is 0 Å². The lowest BCUT2D eigenvalue weighted by molar-refractivity contribution is 0.242. The van der Waals surface area contributed by atoms with E-state index >= 15 is 0 Å². The molecule has 0 amide bonds. The van der Waals surface area contributed by atoms with Crippen LogP contribution in [0.25, 0.3) is 11.3 Å². The largest absolute Gasteiger partial charge is 0.488 e. The molecule has 1 unspecified atom stereocenters. The van der Waals surface area contributed by atoms with Gasteiger partial charge in [-0.25, -0.2) is 9.97 Å². The molecule has 2 N–H and O–H groups in total. The summed E-state index contributed by atoms with van der Waals surface area (Å²) in [5, 5.41) is 0.718. The van der Waals surface area contributed by atoms with Crippen LogP contribution in [-0.2, 0) is 19.3 Å². The highest BCUT2D eigenvalue weighted by atomic mass is 35.5. The Kier molecular flexibility index (Phi) is 3.08. The van der Waals surface area contributed by atoms with Gasteiger partial charge in [-0.05, 0) is 31.4 Å². The fourth-order valence-electron chi connectivity index (χ4n) is 3.29. The molecule has 2 aromatic rings. The predicted molar refractivity (Wildman–Crippen MR) is 81.7 cm³/mol. The Labute approximate surface area is 128 Å².